The third-order valence-electron chi connectivity index (χ3n) is 5.51. The smallest absolute Gasteiger partial charge is 0.387 e. The van der Waals surface area contributed by atoms with Crippen molar-refractivity contribution in [3.63, 3.8) is 0 Å². The van der Waals surface area contributed by atoms with E-state index in [1.807, 2.05) is 0 Å². The third kappa shape index (κ3) is 4.10. The number of nitrogens with zero attached hydrogens (tertiary/aromatic N) is 5. The zero-order chi connectivity index (χ0) is 23.8. The zero-order valence-electron chi connectivity index (χ0n) is 17.5. The number of fused-ring (bicyclic) bond motifs is 1. The molecule has 1 saturated carbocycles. The number of alkyl halides is 2. The molecule has 3 aromatic heterocycles. The predicted molar refractivity (Wildman–Crippen MR) is 118 cm³/mol. The predicted octanol–water partition coefficient (Wildman–Crippen LogP) is 4.39. The van der Waals surface area contributed by atoms with Crippen LogP contribution in [0.15, 0.2) is 49.1 Å². The van der Waals surface area contributed by atoms with Crippen molar-refractivity contribution in [2.75, 3.05) is 5.32 Å². The van der Waals surface area contributed by atoms with Crippen molar-refractivity contribution in [3.05, 3.63) is 59.6 Å². The zero-order valence-corrected chi connectivity index (χ0v) is 18.2. The summed E-state index contributed by atoms with van der Waals surface area (Å²) in [4.78, 5) is 29.6. The van der Waals surface area contributed by atoms with Crippen molar-refractivity contribution in [1.29, 1.82) is 0 Å². The molecule has 1 unspecified atom stereocenters. The lowest BCUT2D eigenvalue weighted by molar-refractivity contribution is -0.120. The molecule has 9 nitrogen and oxygen atoms in total. The summed E-state index contributed by atoms with van der Waals surface area (Å²) in [6.45, 7) is -3.08. The van der Waals surface area contributed by atoms with Gasteiger partial charge in [0.1, 0.15) is 23.0 Å². The van der Waals surface area contributed by atoms with Gasteiger partial charge in [0.25, 0.3) is 5.91 Å². The molecule has 0 spiro atoms. The number of halogens is 3. The van der Waals surface area contributed by atoms with Crippen LogP contribution in [0.4, 0.5) is 14.5 Å². The van der Waals surface area contributed by atoms with E-state index in [0.717, 1.165) is 0 Å². The Kier molecular flexibility index (Phi) is 5.70. The molecule has 1 amide bonds. The van der Waals surface area contributed by atoms with E-state index in [2.05, 4.69) is 25.2 Å². The molecule has 1 aromatic carbocycles. The van der Waals surface area contributed by atoms with Gasteiger partial charge in [-0.1, -0.05) is 11.6 Å². The van der Waals surface area contributed by atoms with Crippen molar-refractivity contribution < 1.29 is 23.1 Å². The van der Waals surface area contributed by atoms with E-state index in [-0.39, 0.29) is 39.1 Å². The lowest BCUT2D eigenvalue weighted by atomic mass is 10.1. The summed E-state index contributed by atoms with van der Waals surface area (Å²) in [5.74, 6) is -0.699. The number of benzene rings is 1. The first-order valence-corrected chi connectivity index (χ1v) is 10.7. The van der Waals surface area contributed by atoms with E-state index < -0.39 is 18.6 Å². The normalized spacial score (nSPS) is 15.9. The number of Topliss-reactive ketones (excluding diaryl/α,β-unsaturated/α-hetero) is 1. The molecule has 0 bridgehead atoms. The standard InChI is InChI=1S/C22H17ClF2N6O3/c23-12-5-6-18(34-22(24)25)13(9-12)19-15(11-31(29-19)16-3-1-4-17(16)32)28-21(33)14-10-27-30-8-2-7-26-20(14)30/h2,5-11,16,22H,1,3-4H2,(H,28,33). The van der Waals surface area contributed by atoms with Gasteiger partial charge in [-0.05, 0) is 37.1 Å². The molecular weight excluding hydrogens is 470 g/mol. The lowest BCUT2D eigenvalue weighted by Crippen LogP contribution is -2.14. The van der Waals surface area contributed by atoms with Gasteiger partial charge < -0.3 is 10.1 Å². The molecule has 5 rings (SSSR count). The molecule has 1 aliphatic rings. The molecule has 0 aliphatic heterocycles. The van der Waals surface area contributed by atoms with Crippen LogP contribution in [-0.2, 0) is 4.79 Å². The molecule has 34 heavy (non-hydrogen) atoms. The second-order valence-electron chi connectivity index (χ2n) is 7.66. The highest BCUT2D eigenvalue weighted by atomic mass is 35.5. The topological polar surface area (TPSA) is 103 Å². The van der Waals surface area contributed by atoms with Gasteiger partial charge in [0, 0.05) is 29.4 Å². The molecule has 1 atom stereocenters. The van der Waals surface area contributed by atoms with E-state index >= 15 is 0 Å². The summed E-state index contributed by atoms with van der Waals surface area (Å²) < 4.78 is 33.7. The molecule has 4 aromatic rings. The largest absolute Gasteiger partial charge is 0.434 e. The number of carbonyl (C=O) groups excluding carboxylic acids is 2. The van der Waals surface area contributed by atoms with Gasteiger partial charge in [0.15, 0.2) is 11.4 Å². The van der Waals surface area contributed by atoms with Crippen molar-refractivity contribution in [1.82, 2.24) is 24.4 Å². The van der Waals surface area contributed by atoms with Gasteiger partial charge in [-0.2, -0.15) is 19.0 Å². The average Bonchev–Trinajstić information content (AvgIpc) is 3.52. The van der Waals surface area contributed by atoms with Gasteiger partial charge in [0.05, 0.1) is 18.1 Å². The number of amides is 1. The average molecular weight is 487 g/mol. The number of carbonyl (C=O) groups is 2. The summed E-state index contributed by atoms with van der Waals surface area (Å²) in [6, 6.07) is 5.27. The summed E-state index contributed by atoms with van der Waals surface area (Å²) in [5.41, 5.74) is 1.01. The fourth-order valence-electron chi connectivity index (χ4n) is 3.98. The van der Waals surface area contributed by atoms with E-state index in [1.165, 1.54) is 46.0 Å². The Morgan fingerprint density at radius 1 is 1.32 bits per heavy atom. The second-order valence-corrected chi connectivity index (χ2v) is 8.10. The SMILES string of the molecule is O=C(Nc1cn(C2CCCC2=O)nc1-c1cc(Cl)ccc1OC(F)F)c1cnn2cccnc12. The first kappa shape index (κ1) is 22.0. The summed E-state index contributed by atoms with van der Waals surface area (Å²) in [6.07, 6.45) is 7.77. The Labute approximate surface area is 196 Å². The van der Waals surface area contributed by atoms with Crippen molar-refractivity contribution >= 4 is 34.6 Å². The quantitative estimate of drug-likeness (QED) is 0.433. The van der Waals surface area contributed by atoms with Gasteiger partial charge in [-0.3, -0.25) is 14.3 Å². The first-order chi connectivity index (χ1) is 16.4. The highest BCUT2D eigenvalue weighted by molar-refractivity contribution is 6.31. The van der Waals surface area contributed by atoms with E-state index in [9.17, 15) is 18.4 Å². The highest BCUT2D eigenvalue weighted by Gasteiger charge is 2.29. The van der Waals surface area contributed by atoms with Crippen LogP contribution < -0.4 is 10.1 Å². The maximum atomic E-state index is 13.1. The number of anilines is 1. The number of hydrogen-bond donors (Lipinski definition) is 1. The molecule has 3 heterocycles. The van der Waals surface area contributed by atoms with Crippen LogP contribution in [0.2, 0.25) is 5.02 Å². The number of ketones is 1. The van der Waals surface area contributed by atoms with Crippen molar-refractivity contribution in [3.8, 4) is 17.0 Å². The molecule has 12 heteroatoms. The summed E-state index contributed by atoms with van der Waals surface area (Å²) >= 11 is 6.13. The number of aromatic nitrogens is 5. The van der Waals surface area contributed by atoms with Crippen LogP contribution in [0.25, 0.3) is 16.9 Å². The maximum absolute atomic E-state index is 13.1. The molecule has 0 saturated heterocycles. The minimum atomic E-state index is -3.08. The number of hydrogen-bond acceptors (Lipinski definition) is 6. The van der Waals surface area contributed by atoms with Crippen LogP contribution in [0.5, 0.6) is 5.75 Å². The maximum Gasteiger partial charge on any atom is 0.387 e. The first-order valence-electron chi connectivity index (χ1n) is 10.4. The van der Waals surface area contributed by atoms with Crippen LogP contribution in [0.1, 0.15) is 35.7 Å². The van der Waals surface area contributed by atoms with Crippen molar-refractivity contribution in [2.24, 2.45) is 0 Å². The van der Waals surface area contributed by atoms with E-state index in [1.54, 1.807) is 12.3 Å². The highest BCUT2D eigenvalue weighted by Crippen LogP contribution is 2.38. The summed E-state index contributed by atoms with van der Waals surface area (Å²) in [7, 11) is 0. The summed E-state index contributed by atoms with van der Waals surface area (Å²) in [5, 5.41) is 11.6. The Morgan fingerprint density at radius 2 is 2.18 bits per heavy atom. The van der Waals surface area contributed by atoms with Gasteiger partial charge >= 0.3 is 6.61 Å². The van der Waals surface area contributed by atoms with Gasteiger partial charge in [-0.25, -0.2) is 9.50 Å². The molecule has 174 valence electrons. The Bertz CT molecular complexity index is 1400. The van der Waals surface area contributed by atoms with Crippen LogP contribution in [0, 0.1) is 0 Å². The minimum Gasteiger partial charge on any atom is -0.434 e. The fraction of sp³-hybridized carbons (Fsp3) is 0.227. The van der Waals surface area contributed by atoms with Crippen molar-refractivity contribution in [2.45, 2.75) is 31.9 Å². The minimum absolute atomic E-state index is 0.00824. The number of rotatable bonds is 6. The number of ether oxygens (including phenoxy) is 1. The van der Waals surface area contributed by atoms with Gasteiger partial charge in [-0.15, -0.1) is 0 Å². The third-order valence-corrected chi connectivity index (χ3v) is 5.74. The van der Waals surface area contributed by atoms with Gasteiger partial charge in [0.2, 0.25) is 0 Å². The van der Waals surface area contributed by atoms with E-state index in [4.69, 9.17) is 11.6 Å². The fourth-order valence-corrected chi connectivity index (χ4v) is 4.15. The lowest BCUT2D eigenvalue weighted by Gasteiger charge is -2.11. The molecular formula is C22H17ClF2N6O3. The second kappa shape index (κ2) is 8.82. The number of nitrogens with one attached hydrogen (secondary N) is 1. The molecule has 1 aliphatic carbocycles. The van der Waals surface area contributed by atoms with E-state index in [0.29, 0.717) is 24.9 Å². The molecule has 1 fully saturated rings. The van der Waals surface area contributed by atoms with Crippen LogP contribution in [-0.4, -0.2) is 42.7 Å². The Balaban J connectivity index is 1.59. The van der Waals surface area contributed by atoms with Crippen LogP contribution >= 0.6 is 11.6 Å². The monoisotopic (exact) mass is 486 g/mol. The molecule has 1 N–H and O–H groups in total. The Hall–Kier alpha value is -3.86. The van der Waals surface area contributed by atoms with Crippen LogP contribution in [0.3, 0.4) is 0 Å². The Morgan fingerprint density at radius 3 is 2.94 bits per heavy atom. The molecule has 0 radical (unpaired) electrons.